The molecule has 2 nitrogen and oxygen atoms in total. The third-order valence-corrected chi connectivity index (χ3v) is 4.61. The minimum absolute atomic E-state index is 0.339. The molecule has 1 aromatic heterocycles. The molecular formula is C16H19NOS. The summed E-state index contributed by atoms with van der Waals surface area (Å²) in [7, 11) is 0. The van der Waals surface area contributed by atoms with Crippen LogP contribution < -0.4 is 5.32 Å². The van der Waals surface area contributed by atoms with Gasteiger partial charge >= 0.3 is 0 Å². The molecular weight excluding hydrogens is 254 g/mol. The summed E-state index contributed by atoms with van der Waals surface area (Å²) in [5.41, 5.74) is 1.27. The average Bonchev–Trinajstić information content (AvgIpc) is 3.11. The van der Waals surface area contributed by atoms with E-state index in [1.165, 1.54) is 23.3 Å². The Hall–Kier alpha value is -1.32. The quantitative estimate of drug-likeness (QED) is 0.840. The molecule has 0 spiro atoms. The van der Waals surface area contributed by atoms with E-state index in [1.54, 1.807) is 12.1 Å². The normalized spacial score (nSPS) is 16.4. The monoisotopic (exact) mass is 273 g/mol. The number of aromatic hydroxyl groups is 1. The Kier molecular flexibility index (Phi) is 3.85. The number of hydrogen-bond donors (Lipinski definition) is 2. The summed E-state index contributed by atoms with van der Waals surface area (Å²) in [5.74, 6) is 1.17. The van der Waals surface area contributed by atoms with Gasteiger partial charge in [-0.2, -0.15) is 0 Å². The third kappa shape index (κ3) is 3.37. The van der Waals surface area contributed by atoms with Gasteiger partial charge in [0.15, 0.2) is 0 Å². The van der Waals surface area contributed by atoms with Crippen molar-refractivity contribution < 1.29 is 5.11 Å². The minimum Gasteiger partial charge on any atom is -0.508 e. The van der Waals surface area contributed by atoms with E-state index in [0.717, 1.165) is 18.9 Å². The molecule has 0 bridgehead atoms. The summed E-state index contributed by atoms with van der Waals surface area (Å²) in [6, 6.07) is 12.4. The molecule has 19 heavy (non-hydrogen) atoms. The topological polar surface area (TPSA) is 32.3 Å². The Labute approximate surface area is 118 Å². The summed E-state index contributed by atoms with van der Waals surface area (Å²) < 4.78 is 0. The molecule has 1 heterocycles. The molecule has 100 valence electrons. The molecule has 1 saturated carbocycles. The summed E-state index contributed by atoms with van der Waals surface area (Å²) in [4.78, 5) is 1.47. The standard InChI is InChI=1S/C16H19NOS/c18-14-7-3-12(4-8-14)9-10-17-16(13-5-6-13)15-2-1-11-19-15/h1-4,7-8,11,13,16-18H,5-6,9-10H2. The van der Waals surface area contributed by atoms with Gasteiger partial charge in [-0.05, 0) is 60.9 Å². The Balaban J connectivity index is 1.54. The predicted molar refractivity (Wildman–Crippen MR) is 79.6 cm³/mol. The molecule has 1 aliphatic rings. The number of rotatable bonds is 6. The van der Waals surface area contributed by atoms with Gasteiger partial charge in [0.2, 0.25) is 0 Å². The van der Waals surface area contributed by atoms with Crippen LogP contribution >= 0.6 is 11.3 Å². The van der Waals surface area contributed by atoms with Gasteiger partial charge in [0, 0.05) is 10.9 Å². The van der Waals surface area contributed by atoms with Crippen molar-refractivity contribution in [3.63, 3.8) is 0 Å². The highest BCUT2D eigenvalue weighted by Crippen LogP contribution is 2.42. The number of phenols is 1. The molecule has 1 aliphatic carbocycles. The van der Waals surface area contributed by atoms with Gasteiger partial charge in [-0.1, -0.05) is 18.2 Å². The highest BCUT2D eigenvalue weighted by molar-refractivity contribution is 7.10. The van der Waals surface area contributed by atoms with Crippen molar-refractivity contribution in [1.29, 1.82) is 0 Å². The van der Waals surface area contributed by atoms with Crippen LogP contribution in [0.3, 0.4) is 0 Å². The maximum absolute atomic E-state index is 9.26. The molecule has 1 atom stereocenters. The summed E-state index contributed by atoms with van der Waals surface area (Å²) in [5, 5.41) is 15.1. The maximum Gasteiger partial charge on any atom is 0.115 e. The fraction of sp³-hybridized carbons (Fsp3) is 0.375. The fourth-order valence-corrected chi connectivity index (χ4v) is 3.33. The first-order valence-electron chi connectivity index (χ1n) is 6.87. The number of thiophene rings is 1. The minimum atomic E-state index is 0.339. The molecule has 1 aromatic carbocycles. The molecule has 0 saturated heterocycles. The largest absolute Gasteiger partial charge is 0.508 e. The maximum atomic E-state index is 9.26. The first kappa shape index (κ1) is 12.7. The second kappa shape index (κ2) is 5.76. The predicted octanol–water partition coefficient (Wildman–Crippen LogP) is 3.74. The molecule has 3 heteroatoms. The molecule has 3 rings (SSSR count). The zero-order valence-electron chi connectivity index (χ0n) is 10.9. The molecule has 0 amide bonds. The van der Waals surface area contributed by atoms with Crippen molar-refractivity contribution in [2.75, 3.05) is 6.54 Å². The Morgan fingerprint density at radius 2 is 2.00 bits per heavy atom. The first-order chi connectivity index (χ1) is 9.33. The van der Waals surface area contributed by atoms with E-state index in [-0.39, 0.29) is 0 Å². The van der Waals surface area contributed by atoms with E-state index in [4.69, 9.17) is 0 Å². The van der Waals surface area contributed by atoms with Gasteiger partial charge in [-0.3, -0.25) is 0 Å². The van der Waals surface area contributed by atoms with Crippen molar-refractivity contribution in [2.45, 2.75) is 25.3 Å². The van der Waals surface area contributed by atoms with Gasteiger partial charge in [0.05, 0.1) is 0 Å². The van der Waals surface area contributed by atoms with Crippen LogP contribution in [0, 0.1) is 5.92 Å². The van der Waals surface area contributed by atoms with E-state index in [0.29, 0.717) is 11.8 Å². The Morgan fingerprint density at radius 3 is 2.63 bits per heavy atom. The van der Waals surface area contributed by atoms with E-state index in [2.05, 4.69) is 22.8 Å². The van der Waals surface area contributed by atoms with E-state index < -0.39 is 0 Å². The van der Waals surface area contributed by atoms with Crippen LogP contribution in [-0.2, 0) is 6.42 Å². The van der Waals surface area contributed by atoms with Crippen molar-refractivity contribution >= 4 is 11.3 Å². The number of phenolic OH excluding ortho intramolecular Hbond substituents is 1. The average molecular weight is 273 g/mol. The van der Waals surface area contributed by atoms with Crippen LogP contribution in [0.1, 0.15) is 29.3 Å². The SMILES string of the molecule is Oc1ccc(CCNC(c2cccs2)C2CC2)cc1. The molecule has 1 fully saturated rings. The second-order valence-electron chi connectivity index (χ2n) is 5.20. The molecule has 0 aliphatic heterocycles. The molecule has 1 unspecified atom stereocenters. The lowest BCUT2D eigenvalue weighted by atomic mass is 10.1. The smallest absolute Gasteiger partial charge is 0.115 e. The fourth-order valence-electron chi connectivity index (χ4n) is 2.43. The lowest BCUT2D eigenvalue weighted by Crippen LogP contribution is -2.24. The van der Waals surface area contributed by atoms with Crippen molar-refractivity contribution in [3.05, 3.63) is 52.2 Å². The Morgan fingerprint density at radius 1 is 1.21 bits per heavy atom. The highest BCUT2D eigenvalue weighted by Gasteiger charge is 2.32. The van der Waals surface area contributed by atoms with E-state index in [1.807, 2.05) is 23.5 Å². The van der Waals surface area contributed by atoms with Gasteiger partial charge in [-0.25, -0.2) is 0 Å². The zero-order chi connectivity index (χ0) is 13.1. The first-order valence-corrected chi connectivity index (χ1v) is 7.75. The van der Waals surface area contributed by atoms with Crippen LogP contribution in [0.4, 0.5) is 0 Å². The van der Waals surface area contributed by atoms with Crippen molar-refractivity contribution in [1.82, 2.24) is 5.32 Å². The number of benzene rings is 1. The summed E-state index contributed by atoms with van der Waals surface area (Å²) >= 11 is 1.85. The van der Waals surface area contributed by atoms with E-state index in [9.17, 15) is 5.11 Å². The lowest BCUT2D eigenvalue weighted by molar-refractivity contribution is 0.474. The molecule has 2 aromatic rings. The Bertz CT molecular complexity index is 502. The third-order valence-electron chi connectivity index (χ3n) is 3.66. The lowest BCUT2D eigenvalue weighted by Gasteiger charge is -2.16. The van der Waals surface area contributed by atoms with Gasteiger partial charge in [-0.15, -0.1) is 11.3 Å². The summed E-state index contributed by atoms with van der Waals surface area (Å²) in [6.07, 6.45) is 3.72. The van der Waals surface area contributed by atoms with E-state index >= 15 is 0 Å². The number of nitrogens with one attached hydrogen (secondary N) is 1. The van der Waals surface area contributed by atoms with Crippen molar-refractivity contribution in [2.24, 2.45) is 5.92 Å². The van der Waals surface area contributed by atoms with Crippen LogP contribution in [0.25, 0.3) is 0 Å². The molecule has 2 N–H and O–H groups in total. The van der Waals surface area contributed by atoms with Gasteiger partial charge in [0.25, 0.3) is 0 Å². The van der Waals surface area contributed by atoms with Crippen LogP contribution in [0.15, 0.2) is 41.8 Å². The highest BCUT2D eigenvalue weighted by atomic mass is 32.1. The summed E-state index contributed by atoms with van der Waals surface area (Å²) in [6.45, 7) is 0.990. The van der Waals surface area contributed by atoms with Crippen LogP contribution in [0.5, 0.6) is 5.75 Å². The van der Waals surface area contributed by atoms with Gasteiger partial charge in [0.1, 0.15) is 5.75 Å². The van der Waals surface area contributed by atoms with Crippen molar-refractivity contribution in [3.8, 4) is 5.75 Å². The van der Waals surface area contributed by atoms with Crippen LogP contribution in [0.2, 0.25) is 0 Å². The van der Waals surface area contributed by atoms with Gasteiger partial charge < -0.3 is 10.4 Å². The second-order valence-corrected chi connectivity index (χ2v) is 6.18. The number of hydrogen-bond acceptors (Lipinski definition) is 3. The molecule has 0 radical (unpaired) electrons. The zero-order valence-corrected chi connectivity index (χ0v) is 11.7. The van der Waals surface area contributed by atoms with Crippen LogP contribution in [-0.4, -0.2) is 11.7 Å².